The Morgan fingerprint density at radius 2 is 1.71 bits per heavy atom. The van der Waals surface area contributed by atoms with Crippen molar-refractivity contribution in [1.82, 2.24) is 5.32 Å². The zero-order valence-corrected chi connectivity index (χ0v) is 11.6. The molecular formula is C16H16F2N2O. The first-order valence-electron chi connectivity index (χ1n) is 6.56. The van der Waals surface area contributed by atoms with Crippen LogP contribution in [0.25, 0.3) is 0 Å². The highest BCUT2D eigenvalue weighted by Gasteiger charge is 2.19. The van der Waals surface area contributed by atoms with Crippen LogP contribution in [0, 0.1) is 11.6 Å². The molecule has 0 radical (unpaired) electrons. The molecule has 1 atom stereocenters. The molecule has 0 bridgehead atoms. The summed E-state index contributed by atoms with van der Waals surface area (Å²) in [6, 6.07) is 10.3. The molecule has 0 aliphatic rings. The molecule has 0 saturated carbocycles. The lowest BCUT2D eigenvalue weighted by atomic mass is 10.1. The Labute approximate surface area is 121 Å². The Bertz CT molecular complexity index is 621. The molecule has 5 heteroatoms. The summed E-state index contributed by atoms with van der Waals surface area (Å²) in [5.74, 6) is -2.53. The van der Waals surface area contributed by atoms with Crippen molar-refractivity contribution in [3.63, 3.8) is 0 Å². The number of amides is 1. The summed E-state index contributed by atoms with van der Waals surface area (Å²) in [6.45, 7) is 2.18. The molecule has 1 unspecified atom stereocenters. The van der Waals surface area contributed by atoms with Gasteiger partial charge in [-0.2, -0.15) is 0 Å². The van der Waals surface area contributed by atoms with Crippen molar-refractivity contribution >= 4 is 5.91 Å². The Morgan fingerprint density at radius 3 is 2.24 bits per heavy atom. The van der Waals surface area contributed by atoms with E-state index in [2.05, 4.69) is 5.32 Å². The highest BCUT2D eigenvalue weighted by Crippen LogP contribution is 2.16. The third-order valence-corrected chi connectivity index (χ3v) is 3.25. The second kappa shape index (κ2) is 6.45. The minimum absolute atomic E-state index is 0.372. The van der Waals surface area contributed by atoms with Crippen LogP contribution in [0.4, 0.5) is 8.78 Å². The van der Waals surface area contributed by atoms with Gasteiger partial charge in [0, 0.05) is 6.54 Å². The molecule has 110 valence electrons. The van der Waals surface area contributed by atoms with Crippen LogP contribution in [0.2, 0.25) is 0 Å². The molecule has 0 spiro atoms. The molecule has 21 heavy (non-hydrogen) atoms. The molecule has 3 nitrogen and oxygen atoms in total. The highest BCUT2D eigenvalue weighted by molar-refractivity contribution is 5.95. The van der Waals surface area contributed by atoms with Gasteiger partial charge >= 0.3 is 0 Å². The quantitative estimate of drug-likeness (QED) is 0.909. The number of benzene rings is 2. The van der Waals surface area contributed by atoms with Gasteiger partial charge in [0.25, 0.3) is 5.91 Å². The fourth-order valence-corrected chi connectivity index (χ4v) is 2.01. The smallest absolute Gasteiger partial charge is 0.257 e. The van der Waals surface area contributed by atoms with E-state index >= 15 is 0 Å². The maximum Gasteiger partial charge on any atom is 0.257 e. The molecule has 0 saturated heterocycles. The lowest BCUT2D eigenvalue weighted by molar-refractivity contribution is 0.0931. The standard InChI is InChI=1S/C16H16F2N2O/c1-10(12-7-5-11(9-19)6-8-12)20-16(21)15-13(17)3-2-4-14(15)18/h2-8,10H,9,19H2,1H3,(H,20,21). The number of carbonyl (C=O) groups excluding carboxylic acids is 1. The number of nitrogens with two attached hydrogens (primary N) is 1. The van der Waals surface area contributed by atoms with E-state index in [9.17, 15) is 13.6 Å². The lowest BCUT2D eigenvalue weighted by Gasteiger charge is -2.15. The monoisotopic (exact) mass is 290 g/mol. The van der Waals surface area contributed by atoms with Crippen molar-refractivity contribution in [3.8, 4) is 0 Å². The minimum atomic E-state index is -0.877. The van der Waals surface area contributed by atoms with Gasteiger partial charge in [0.2, 0.25) is 0 Å². The predicted molar refractivity (Wildman–Crippen MR) is 76.6 cm³/mol. The highest BCUT2D eigenvalue weighted by atomic mass is 19.1. The predicted octanol–water partition coefficient (Wildman–Crippen LogP) is 2.91. The minimum Gasteiger partial charge on any atom is -0.345 e. The Morgan fingerprint density at radius 1 is 1.14 bits per heavy atom. The normalized spacial score (nSPS) is 12.0. The first kappa shape index (κ1) is 15.1. The summed E-state index contributed by atoms with van der Waals surface area (Å²) in [7, 11) is 0. The first-order chi connectivity index (χ1) is 10.0. The van der Waals surface area contributed by atoms with Gasteiger partial charge in [0.1, 0.15) is 17.2 Å². The molecule has 0 aliphatic heterocycles. The maximum atomic E-state index is 13.5. The molecule has 3 N–H and O–H groups in total. The third kappa shape index (κ3) is 3.44. The number of hydrogen-bond donors (Lipinski definition) is 2. The fourth-order valence-electron chi connectivity index (χ4n) is 2.01. The zero-order chi connectivity index (χ0) is 15.4. The van der Waals surface area contributed by atoms with Crippen molar-refractivity contribution in [1.29, 1.82) is 0 Å². The molecule has 2 aromatic rings. The molecule has 0 fully saturated rings. The zero-order valence-electron chi connectivity index (χ0n) is 11.6. The van der Waals surface area contributed by atoms with E-state index in [-0.39, 0.29) is 6.04 Å². The lowest BCUT2D eigenvalue weighted by Crippen LogP contribution is -2.28. The van der Waals surface area contributed by atoms with Gasteiger partial charge in [-0.1, -0.05) is 30.3 Å². The van der Waals surface area contributed by atoms with Crippen molar-refractivity contribution in [2.75, 3.05) is 0 Å². The molecule has 2 aromatic carbocycles. The first-order valence-corrected chi connectivity index (χ1v) is 6.56. The van der Waals surface area contributed by atoms with Gasteiger partial charge in [-0.25, -0.2) is 8.78 Å². The number of hydrogen-bond acceptors (Lipinski definition) is 2. The van der Waals surface area contributed by atoms with Crippen LogP contribution in [-0.4, -0.2) is 5.91 Å². The number of halogens is 2. The van der Waals surface area contributed by atoms with Crippen LogP contribution in [0.1, 0.15) is 34.5 Å². The average Bonchev–Trinajstić information content (AvgIpc) is 2.47. The van der Waals surface area contributed by atoms with Gasteiger partial charge in [-0.15, -0.1) is 0 Å². The third-order valence-electron chi connectivity index (χ3n) is 3.25. The second-order valence-corrected chi connectivity index (χ2v) is 4.74. The van der Waals surface area contributed by atoms with E-state index < -0.39 is 23.1 Å². The van der Waals surface area contributed by atoms with E-state index in [1.807, 2.05) is 24.3 Å². The fraction of sp³-hybridized carbons (Fsp3) is 0.188. The van der Waals surface area contributed by atoms with Crippen LogP contribution < -0.4 is 11.1 Å². The SMILES string of the molecule is CC(NC(=O)c1c(F)cccc1F)c1ccc(CN)cc1. The number of nitrogens with one attached hydrogen (secondary N) is 1. The molecular weight excluding hydrogens is 274 g/mol. The van der Waals surface area contributed by atoms with Crippen LogP contribution in [0.5, 0.6) is 0 Å². The van der Waals surface area contributed by atoms with Crippen molar-refractivity contribution < 1.29 is 13.6 Å². The van der Waals surface area contributed by atoms with Gasteiger partial charge in [0.05, 0.1) is 6.04 Å². The van der Waals surface area contributed by atoms with Crippen LogP contribution in [0.15, 0.2) is 42.5 Å². The Balaban J connectivity index is 2.15. The Hall–Kier alpha value is -2.27. The van der Waals surface area contributed by atoms with Gasteiger partial charge in [0.15, 0.2) is 0 Å². The number of rotatable bonds is 4. The number of carbonyl (C=O) groups is 1. The summed E-state index contributed by atoms with van der Waals surface area (Å²) in [4.78, 5) is 12.0. The van der Waals surface area contributed by atoms with Crippen LogP contribution >= 0.6 is 0 Å². The molecule has 0 heterocycles. The molecule has 0 aromatic heterocycles. The average molecular weight is 290 g/mol. The van der Waals surface area contributed by atoms with Gasteiger partial charge in [-0.05, 0) is 30.2 Å². The Kier molecular flexibility index (Phi) is 4.65. The maximum absolute atomic E-state index is 13.5. The second-order valence-electron chi connectivity index (χ2n) is 4.74. The van der Waals surface area contributed by atoms with Crippen LogP contribution in [-0.2, 0) is 6.54 Å². The summed E-state index contributed by atoms with van der Waals surface area (Å²) in [6.07, 6.45) is 0. The summed E-state index contributed by atoms with van der Waals surface area (Å²) in [5.41, 5.74) is 6.75. The summed E-state index contributed by atoms with van der Waals surface area (Å²) >= 11 is 0. The van der Waals surface area contributed by atoms with Crippen molar-refractivity contribution in [3.05, 3.63) is 70.8 Å². The van der Waals surface area contributed by atoms with Crippen molar-refractivity contribution in [2.45, 2.75) is 19.5 Å². The van der Waals surface area contributed by atoms with E-state index in [0.717, 1.165) is 23.3 Å². The molecule has 0 aliphatic carbocycles. The van der Waals surface area contributed by atoms with E-state index in [1.165, 1.54) is 6.07 Å². The van der Waals surface area contributed by atoms with E-state index in [0.29, 0.717) is 6.54 Å². The van der Waals surface area contributed by atoms with Crippen molar-refractivity contribution in [2.24, 2.45) is 5.73 Å². The van der Waals surface area contributed by atoms with E-state index in [4.69, 9.17) is 5.73 Å². The van der Waals surface area contributed by atoms with Gasteiger partial charge in [-0.3, -0.25) is 4.79 Å². The van der Waals surface area contributed by atoms with Crippen LogP contribution in [0.3, 0.4) is 0 Å². The largest absolute Gasteiger partial charge is 0.345 e. The van der Waals surface area contributed by atoms with E-state index in [1.54, 1.807) is 6.92 Å². The molecule has 2 rings (SSSR count). The van der Waals surface area contributed by atoms with Gasteiger partial charge < -0.3 is 11.1 Å². The molecule has 1 amide bonds. The topological polar surface area (TPSA) is 55.1 Å². The summed E-state index contributed by atoms with van der Waals surface area (Å²) < 4.78 is 27.1. The summed E-state index contributed by atoms with van der Waals surface area (Å²) in [5, 5.41) is 2.58.